The molecular weight excluding hydrogens is 86.1 g/mol. The van der Waals surface area contributed by atoms with Crippen molar-refractivity contribution in [3.63, 3.8) is 0 Å². The van der Waals surface area contributed by atoms with E-state index in [-0.39, 0.29) is 0 Å². The van der Waals surface area contributed by atoms with E-state index in [4.69, 9.17) is 0 Å². The fraction of sp³-hybridized carbons (Fsp3) is 0.667. The van der Waals surface area contributed by atoms with Crippen LogP contribution in [0.5, 0.6) is 0 Å². The standard InChI is InChI=1S/C6H11N/c1-3-4-7-5-6(7)2/h3,6H,1,4-5H2,2H3. The molecule has 2 atom stereocenters. The smallest absolute Gasteiger partial charge is 0.0199 e. The Balaban J connectivity index is 2.08. The molecule has 0 spiro atoms. The topological polar surface area (TPSA) is 3.01 Å². The third-order valence-electron chi connectivity index (χ3n) is 1.35. The summed E-state index contributed by atoms with van der Waals surface area (Å²) in [7, 11) is 0. The number of hydrogen-bond acceptors (Lipinski definition) is 1. The van der Waals surface area contributed by atoms with Crippen LogP contribution in [0.15, 0.2) is 12.7 Å². The molecule has 2 unspecified atom stereocenters. The first kappa shape index (κ1) is 4.85. The Morgan fingerprint density at radius 1 is 2.00 bits per heavy atom. The molecule has 1 aliphatic heterocycles. The molecule has 1 aliphatic rings. The van der Waals surface area contributed by atoms with Gasteiger partial charge in [0.25, 0.3) is 0 Å². The first-order chi connectivity index (χ1) is 3.34. The van der Waals surface area contributed by atoms with Gasteiger partial charge >= 0.3 is 0 Å². The molecule has 0 bridgehead atoms. The summed E-state index contributed by atoms with van der Waals surface area (Å²) in [6, 6.07) is 0.831. The fourth-order valence-corrected chi connectivity index (χ4v) is 0.713. The molecule has 0 radical (unpaired) electrons. The van der Waals surface area contributed by atoms with Gasteiger partial charge in [-0.25, -0.2) is 0 Å². The van der Waals surface area contributed by atoms with Crippen molar-refractivity contribution in [3.8, 4) is 0 Å². The molecule has 1 rings (SSSR count). The zero-order valence-corrected chi connectivity index (χ0v) is 4.72. The summed E-state index contributed by atoms with van der Waals surface area (Å²) >= 11 is 0. The van der Waals surface area contributed by atoms with Gasteiger partial charge in [0.05, 0.1) is 0 Å². The molecule has 1 fully saturated rings. The lowest BCUT2D eigenvalue weighted by Crippen LogP contribution is -1.96. The van der Waals surface area contributed by atoms with Crippen molar-refractivity contribution in [1.29, 1.82) is 0 Å². The molecule has 1 heterocycles. The van der Waals surface area contributed by atoms with Crippen molar-refractivity contribution < 1.29 is 0 Å². The maximum Gasteiger partial charge on any atom is 0.0199 e. The molecule has 0 aromatic rings. The van der Waals surface area contributed by atoms with Crippen LogP contribution in [-0.4, -0.2) is 24.0 Å². The average molecular weight is 97.2 g/mol. The van der Waals surface area contributed by atoms with Gasteiger partial charge in [0.2, 0.25) is 0 Å². The molecular formula is C6H11N. The van der Waals surface area contributed by atoms with Gasteiger partial charge in [-0.05, 0) is 6.92 Å². The number of hydrogen-bond donors (Lipinski definition) is 0. The van der Waals surface area contributed by atoms with Gasteiger partial charge in [-0.3, -0.25) is 4.90 Å². The summed E-state index contributed by atoms with van der Waals surface area (Å²) in [5, 5.41) is 0. The van der Waals surface area contributed by atoms with E-state index >= 15 is 0 Å². The summed E-state index contributed by atoms with van der Waals surface area (Å²) in [5.74, 6) is 0. The zero-order valence-electron chi connectivity index (χ0n) is 4.72. The van der Waals surface area contributed by atoms with Gasteiger partial charge in [0.1, 0.15) is 0 Å². The molecule has 0 aliphatic carbocycles. The van der Waals surface area contributed by atoms with Gasteiger partial charge < -0.3 is 0 Å². The minimum Gasteiger partial charge on any atom is -0.294 e. The van der Waals surface area contributed by atoms with E-state index in [1.807, 2.05) is 6.08 Å². The van der Waals surface area contributed by atoms with Crippen LogP contribution in [-0.2, 0) is 0 Å². The van der Waals surface area contributed by atoms with E-state index < -0.39 is 0 Å². The summed E-state index contributed by atoms with van der Waals surface area (Å²) in [6.07, 6.45) is 1.95. The highest BCUT2D eigenvalue weighted by Crippen LogP contribution is 2.13. The van der Waals surface area contributed by atoms with Crippen LogP contribution >= 0.6 is 0 Å². The lowest BCUT2D eigenvalue weighted by molar-refractivity contribution is 0.579. The second-order valence-electron chi connectivity index (χ2n) is 2.09. The predicted octanol–water partition coefficient (Wildman–Crippen LogP) is 0.876. The SMILES string of the molecule is C=CCN1CC1C. The van der Waals surface area contributed by atoms with Gasteiger partial charge in [-0.2, -0.15) is 0 Å². The molecule has 40 valence electrons. The monoisotopic (exact) mass is 97.1 g/mol. The summed E-state index contributed by atoms with van der Waals surface area (Å²) in [6.45, 7) is 8.20. The highest BCUT2D eigenvalue weighted by atomic mass is 15.3. The lowest BCUT2D eigenvalue weighted by atomic mass is 10.5. The van der Waals surface area contributed by atoms with E-state index in [0.717, 1.165) is 12.6 Å². The average Bonchev–Trinajstić information content (AvgIpc) is 2.22. The van der Waals surface area contributed by atoms with Crippen molar-refractivity contribution in [1.82, 2.24) is 4.90 Å². The van der Waals surface area contributed by atoms with Gasteiger partial charge in [-0.1, -0.05) is 6.08 Å². The Bertz CT molecular complexity index is 78.2. The van der Waals surface area contributed by atoms with Crippen LogP contribution in [0.2, 0.25) is 0 Å². The van der Waals surface area contributed by atoms with E-state index in [9.17, 15) is 0 Å². The molecule has 1 nitrogen and oxygen atoms in total. The van der Waals surface area contributed by atoms with E-state index in [1.165, 1.54) is 6.54 Å². The molecule has 7 heavy (non-hydrogen) atoms. The second-order valence-corrected chi connectivity index (χ2v) is 2.09. The maximum atomic E-state index is 3.63. The molecule has 0 saturated carbocycles. The Labute approximate surface area is 44.6 Å². The Morgan fingerprint density at radius 3 is 2.71 bits per heavy atom. The van der Waals surface area contributed by atoms with Crippen LogP contribution < -0.4 is 0 Å². The largest absolute Gasteiger partial charge is 0.294 e. The van der Waals surface area contributed by atoms with Crippen molar-refractivity contribution in [2.45, 2.75) is 13.0 Å². The summed E-state index contributed by atoms with van der Waals surface area (Å²) in [5.41, 5.74) is 0. The predicted molar refractivity (Wildman–Crippen MR) is 31.2 cm³/mol. The van der Waals surface area contributed by atoms with Gasteiger partial charge in [0, 0.05) is 19.1 Å². The highest BCUT2D eigenvalue weighted by Gasteiger charge is 2.26. The first-order valence-corrected chi connectivity index (χ1v) is 2.69. The minimum atomic E-state index is 0.831. The molecule has 0 N–H and O–H groups in total. The van der Waals surface area contributed by atoms with Crippen LogP contribution in [0.3, 0.4) is 0 Å². The molecule has 1 saturated heterocycles. The maximum absolute atomic E-state index is 3.63. The second kappa shape index (κ2) is 1.66. The number of nitrogens with zero attached hydrogens (tertiary/aromatic N) is 1. The summed E-state index contributed by atoms with van der Waals surface area (Å²) in [4.78, 5) is 2.35. The van der Waals surface area contributed by atoms with Gasteiger partial charge in [0.15, 0.2) is 0 Å². The molecule has 1 heteroatoms. The summed E-state index contributed by atoms with van der Waals surface area (Å²) < 4.78 is 0. The minimum absolute atomic E-state index is 0.831. The lowest BCUT2D eigenvalue weighted by Gasteiger charge is -1.89. The Morgan fingerprint density at radius 2 is 2.57 bits per heavy atom. The Kier molecular flexibility index (Phi) is 1.15. The van der Waals surface area contributed by atoms with Gasteiger partial charge in [-0.15, -0.1) is 6.58 Å². The molecule has 0 aromatic heterocycles. The van der Waals surface area contributed by atoms with E-state index in [1.54, 1.807) is 0 Å². The third kappa shape index (κ3) is 1.03. The number of rotatable bonds is 2. The van der Waals surface area contributed by atoms with Crippen molar-refractivity contribution in [2.24, 2.45) is 0 Å². The van der Waals surface area contributed by atoms with Crippen molar-refractivity contribution in [2.75, 3.05) is 13.1 Å². The quantitative estimate of drug-likeness (QED) is 0.365. The third-order valence-corrected chi connectivity index (χ3v) is 1.35. The van der Waals surface area contributed by atoms with Crippen molar-refractivity contribution >= 4 is 0 Å². The molecule has 0 aromatic carbocycles. The van der Waals surface area contributed by atoms with E-state index in [2.05, 4.69) is 18.4 Å². The van der Waals surface area contributed by atoms with E-state index in [0.29, 0.717) is 0 Å². The van der Waals surface area contributed by atoms with Crippen molar-refractivity contribution in [3.05, 3.63) is 12.7 Å². The first-order valence-electron chi connectivity index (χ1n) is 2.69. The normalized spacial score (nSPS) is 37.9. The van der Waals surface area contributed by atoms with Crippen LogP contribution in [0, 0.1) is 0 Å². The zero-order chi connectivity index (χ0) is 5.28. The van der Waals surface area contributed by atoms with Crippen LogP contribution in [0.1, 0.15) is 6.92 Å². The fourth-order valence-electron chi connectivity index (χ4n) is 0.713. The Hall–Kier alpha value is -0.300. The van der Waals surface area contributed by atoms with Crippen LogP contribution in [0.4, 0.5) is 0 Å². The highest BCUT2D eigenvalue weighted by molar-refractivity contribution is 4.89. The molecule has 0 amide bonds. The van der Waals surface area contributed by atoms with Crippen LogP contribution in [0.25, 0.3) is 0 Å².